The van der Waals surface area contributed by atoms with Crippen LogP contribution in [-0.2, 0) is 6.54 Å². The van der Waals surface area contributed by atoms with Crippen LogP contribution >= 0.6 is 11.5 Å². The largest absolute Gasteiger partial charge is 0.330 e. The molecule has 0 aliphatic carbocycles. The van der Waals surface area contributed by atoms with Gasteiger partial charge in [0.2, 0.25) is 0 Å². The van der Waals surface area contributed by atoms with Crippen LogP contribution in [0, 0.1) is 19.7 Å². The topological polar surface area (TPSA) is 94.1 Å². The van der Waals surface area contributed by atoms with E-state index in [-0.39, 0.29) is 17.0 Å². The molecule has 0 fully saturated rings. The summed E-state index contributed by atoms with van der Waals surface area (Å²) in [5.41, 5.74) is 7.91. The van der Waals surface area contributed by atoms with E-state index in [1.54, 1.807) is 35.4 Å². The van der Waals surface area contributed by atoms with Crippen LogP contribution in [0.25, 0.3) is 10.2 Å². The van der Waals surface area contributed by atoms with E-state index in [2.05, 4.69) is 4.37 Å². The zero-order valence-electron chi connectivity index (χ0n) is 20.7. The summed E-state index contributed by atoms with van der Waals surface area (Å²) in [6, 6.07) is 13.6. The molecule has 0 radical (unpaired) electrons. The number of carbonyl (C=O) groups is 1. The number of halogens is 1. The molecule has 7 nitrogen and oxygen atoms in total. The van der Waals surface area contributed by atoms with Gasteiger partial charge in [-0.25, -0.2) is 9.37 Å². The molecular weight excluding hydrogens is 477 g/mol. The van der Waals surface area contributed by atoms with Crippen molar-refractivity contribution < 1.29 is 9.18 Å². The van der Waals surface area contributed by atoms with Gasteiger partial charge >= 0.3 is 0 Å². The first-order chi connectivity index (χ1) is 17.3. The van der Waals surface area contributed by atoms with Crippen LogP contribution in [0.15, 0.2) is 53.3 Å². The number of amides is 1. The Bertz CT molecular complexity index is 1430. The number of carbonyl (C=O) groups excluding carboxylic acids is 1. The number of hydrogen-bond donors (Lipinski definition) is 1. The molecule has 0 saturated carbocycles. The molecule has 9 heteroatoms. The van der Waals surface area contributed by atoms with Gasteiger partial charge < -0.3 is 10.6 Å². The monoisotopic (exact) mass is 507 g/mol. The number of aryl methyl sites for hydroxylation is 2. The first kappa shape index (κ1) is 25.7. The van der Waals surface area contributed by atoms with Crippen molar-refractivity contribution in [2.75, 3.05) is 13.1 Å². The molecule has 2 heterocycles. The van der Waals surface area contributed by atoms with Crippen molar-refractivity contribution in [3.63, 3.8) is 0 Å². The molecule has 2 aromatic carbocycles. The van der Waals surface area contributed by atoms with Crippen molar-refractivity contribution in [2.24, 2.45) is 5.73 Å². The highest BCUT2D eigenvalue weighted by Gasteiger charge is 2.30. The maximum atomic E-state index is 14.3. The molecule has 0 saturated heterocycles. The number of benzene rings is 2. The van der Waals surface area contributed by atoms with Crippen molar-refractivity contribution in [3.8, 4) is 0 Å². The highest BCUT2D eigenvalue weighted by atomic mass is 32.1. The van der Waals surface area contributed by atoms with Crippen LogP contribution in [0.1, 0.15) is 58.8 Å². The highest BCUT2D eigenvalue weighted by molar-refractivity contribution is 7.12. The fourth-order valence-electron chi connectivity index (χ4n) is 4.35. The van der Waals surface area contributed by atoms with Crippen LogP contribution in [0.2, 0.25) is 0 Å². The molecule has 0 unspecified atom stereocenters. The maximum Gasteiger partial charge on any atom is 0.264 e. The van der Waals surface area contributed by atoms with Gasteiger partial charge in [-0.05, 0) is 68.0 Å². The summed E-state index contributed by atoms with van der Waals surface area (Å²) in [7, 11) is 0. The zero-order chi connectivity index (χ0) is 25.8. The first-order valence-electron chi connectivity index (χ1n) is 12.0. The van der Waals surface area contributed by atoms with Crippen molar-refractivity contribution in [1.29, 1.82) is 0 Å². The lowest BCUT2D eigenvalue weighted by atomic mass is 10.1. The molecule has 0 spiro atoms. The summed E-state index contributed by atoms with van der Waals surface area (Å²) >= 11 is 1.18. The predicted octanol–water partition coefficient (Wildman–Crippen LogP) is 4.60. The molecule has 1 amide bonds. The van der Waals surface area contributed by atoms with E-state index in [1.807, 2.05) is 37.3 Å². The average Bonchev–Trinajstić information content (AvgIpc) is 3.26. The van der Waals surface area contributed by atoms with E-state index in [0.717, 1.165) is 5.56 Å². The number of nitrogens with zero attached hydrogens (tertiary/aromatic N) is 4. The second kappa shape index (κ2) is 11.1. The number of rotatable bonds is 9. The molecule has 1 atom stereocenters. The maximum absolute atomic E-state index is 14.3. The summed E-state index contributed by atoms with van der Waals surface area (Å²) in [4.78, 5) is 34.5. The zero-order valence-corrected chi connectivity index (χ0v) is 21.5. The Labute approximate surface area is 213 Å². The summed E-state index contributed by atoms with van der Waals surface area (Å²) in [5, 5.41) is 0.495. The molecule has 188 valence electrons. The van der Waals surface area contributed by atoms with Crippen molar-refractivity contribution >= 4 is 27.7 Å². The summed E-state index contributed by atoms with van der Waals surface area (Å²) in [6.45, 7) is 6.45. The minimum atomic E-state index is -0.517. The Morgan fingerprint density at radius 2 is 1.94 bits per heavy atom. The number of fused-ring (bicyclic) bond motifs is 1. The normalized spacial score (nSPS) is 12.1. The van der Waals surface area contributed by atoms with Gasteiger partial charge in [0.05, 0.1) is 23.7 Å². The standard InChI is InChI=1S/C27H30FN5O2S/c1-4-22(32(14-8-13-29)26(34)20-12-11-17(2)21(28)15-20)24-30-25-23(18(3)31-36-25)27(35)33(24)16-19-9-6-5-7-10-19/h5-7,9-12,15,22H,4,8,13-14,16,29H2,1-3H3/t22-/m0/s1. The Kier molecular flexibility index (Phi) is 7.91. The summed E-state index contributed by atoms with van der Waals surface area (Å²) < 4.78 is 20.3. The smallest absolute Gasteiger partial charge is 0.264 e. The van der Waals surface area contributed by atoms with E-state index in [9.17, 15) is 14.0 Å². The number of nitrogens with two attached hydrogens (primary N) is 1. The fourth-order valence-corrected chi connectivity index (χ4v) is 5.13. The summed E-state index contributed by atoms with van der Waals surface area (Å²) in [6.07, 6.45) is 1.07. The molecule has 36 heavy (non-hydrogen) atoms. The number of hydrogen-bond acceptors (Lipinski definition) is 6. The van der Waals surface area contributed by atoms with Crippen molar-refractivity contribution in [3.05, 3.63) is 92.9 Å². The lowest BCUT2D eigenvalue weighted by Crippen LogP contribution is -2.40. The second-order valence-corrected chi connectivity index (χ2v) is 9.58. The summed E-state index contributed by atoms with van der Waals surface area (Å²) in [5.74, 6) is -0.274. The van der Waals surface area contributed by atoms with Gasteiger partial charge in [0.15, 0.2) is 4.83 Å². The minimum absolute atomic E-state index is 0.184. The van der Waals surface area contributed by atoms with E-state index >= 15 is 0 Å². The van der Waals surface area contributed by atoms with Gasteiger partial charge in [-0.1, -0.05) is 43.3 Å². The van der Waals surface area contributed by atoms with Crippen LogP contribution < -0.4 is 11.3 Å². The quantitative estimate of drug-likeness (QED) is 0.357. The third kappa shape index (κ3) is 5.08. The Hall–Kier alpha value is -3.43. The highest BCUT2D eigenvalue weighted by Crippen LogP contribution is 2.28. The second-order valence-electron chi connectivity index (χ2n) is 8.82. The third-order valence-corrected chi connectivity index (χ3v) is 7.16. The van der Waals surface area contributed by atoms with Gasteiger partial charge in [-0.3, -0.25) is 14.2 Å². The Morgan fingerprint density at radius 3 is 2.61 bits per heavy atom. The lowest BCUT2D eigenvalue weighted by molar-refractivity contribution is 0.0655. The molecule has 4 rings (SSSR count). The van der Waals surface area contributed by atoms with Gasteiger partial charge in [0, 0.05) is 12.1 Å². The Balaban J connectivity index is 1.87. The minimum Gasteiger partial charge on any atom is -0.330 e. The average molecular weight is 508 g/mol. The van der Waals surface area contributed by atoms with E-state index in [0.29, 0.717) is 59.8 Å². The van der Waals surface area contributed by atoms with Crippen molar-refractivity contribution in [1.82, 2.24) is 18.8 Å². The van der Waals surface area contributed by atoms with Gasteiger partial charge in [0.25, 0.3) is 11.5 Å². The molecule has 0 aliphatic heterocycles. The van der Waals surface area contributed by atoms with Crippen LogP contribution in [0.5, 0.6) is 0 Å². The third-order valence-electron chi connectivity index (χ3n) is 6.32. The van der Waals surface area contributed by atoms with Crippen molar-refractivity contribution in [2.45, 2.75) is 46.2 Å². The molecular formula is C27H30FN5O2S. The van der Waals surface area contributed by atoms with E-state index in [1.165, 1.54) is 17.6 Å². The van der Waals surface area contributed by atoms with Gasteiger partial charge in [0.1, 0.15) is 11.6 Å². The van der Waals surface area contributed by atoms with Gasteiger partial charge in [-0.15, -0.1) is 0 Å². The van der Waals surface area contributed by atoms with E-state index in [4.69, 9.17) is 10.7 Å². The van der Waals surface area contributed by atoms with Crippen LogP contribution in [0.3, 0.4) is 0 Å². The molecule has 0 bridgehead atoms. The first-order valence-corrected chi connectivity index (χ1v) is 12.8. The van der Waals surface area contributed by atoms with Gasteiger partial charge in [-0.2, -0.15) is 4.37 Å². The van der Waals surface area contributed by atoms with Crippen LogP contribution in [-0.4, -0.2) is 37.8 Å². The SMILES string of the molecule is CC[C@@H](c1nc2snc(C)c2c(=O)n1Cc1ccccc1)N(CCCN)C(=O)c1ccc(C)c(F)c1. The fraction of sp³-hybridized carbons (Fsp3) is 0.333. The van der Waals surface area contributed by atoms with Crippen LogP contribution in [0.4, 0.5) is 4.39 Å². The molecule has 0 aliphatic rings. The van der Waals surface area contributed by atoms with E-state index < -0.39 is 11.9 Å². The lowest BCUT2D eigenvalue weighted by Gasteiger charge is -2.32. The molecule has 2 aromatic heterocycles. The molecule has 2 N–H and O–H groups in total. The number of aromatic nitrogens is 3. The predicted molar refractivity (Wildman–Crippen MR) is 141 cm³/mol. The molecule has 4 aromatic rings. The Morgan fingerprint density at radius 1 is 1.19 bits per heavy atom.